The molecule has 78 heavy (non-hydrogen) atoms. The lowest BCUT2D eigenvalue weighted by molar-refractivity contribution is -0.129. The Morgan fingerprint density at radius 2 is 0.808 bits per heavy atom. The van der Waals surface area contributed by atoms with E-state index < -0.39 is 18.2 Å². The van der Waals surface area contributed by atoms with E-state index in [1.54, 1.807) is 10.8 Å². The van der Waals surface area contributed by atoms with Crippen LogP contribution in [0.1, 0.15) is 297 Å². The van der Waals surface area contributed by atoms with Crippen LogP contribution in [-0.4, -0.2) is 154 Å². The summed E-state index contributed by atoms with van der Waals surface area (Å²) >= 11 is 0. The SMILES string of the molecule is CCCCCCCCCCC(O)CN(CCCCSSCCC(NC(=O)CCCCN(CC(O)CCCCCCCC)CC(O)CCCCCCCC)C(=O)NCCCN1CCCCC1)CC(O)CCCCCCCCCC. The summed E-state index contributed by atoms with van der Waals surface area (Å²) in [6.45, 7) is 16.8. The van der Waals surface area contributed by atoms with Gasteiger partial charge in [-0.2, -0.15) is 0 Å². The zero-order chi connectivity index (χ0) is 56.8. The van der Waals surface area contributed by atoms with Gasteiger partial charge in [0.25, 0.3) is 0 Å². The van der Waals surface area contributed by atoms with Crippen molar-refractivity contribution in [2.45, 2.75) is 328 Å². The summed E-state index contributed by atoms with van der Waals surface area (Å²) in [6.07, 6.45) is 45.4. The number of likely N-dealkylation sites (tertiary alicyclic amines) is 1. The Balaban J connectivity index is 2.73. The molecule has 1 aliphatic rings. The number of rotatable bonds is 60. The second-order valence-electron chi connectivity index (χ2n) is 24.0. The molecule has 1 heterocycles. The van der Waals surface area contributed by atoms with E-state index in [1.165, 1.54) is 161 Å². The van der Waals surface area contributed by atoms with Crippen LogP contribution >= 0.6 is 21.6 Å². The van der Waals surface area contributed by atoms with Gasteiger partial charge in [-0.25, -0.2) is 0 Å². The third-order valence-corrected chi connectivity index (χ3v) is 18.7. The van der Waals surface area contributed by atoms with Crippen molar-refractivity contribution in [3.05, 3.63) is 0 Å². The second kappa shape index (κ2) is 56.8. The fourth-order valence-corrected chi connectivity index (χ4v) is 13.4. The number of aliphatic hydroxyl groups is 4. The summed E-state index contributed by atoms with van der Waals surface area (Å²) in [5.74, 6) is 1.57. The molecule has 0 aliphatic carbocycles. The van der Waals surface area contributed by atoms with Gasteiger partial charge in [0.05, 0.1) is 24.4 Å². The molecule has 13 heteroatoms. The van der Waals surface area contributed by atoms with Crippen LogP contribution in [0.4, 0.5) is 0 Å². The van der Waals surface area contributed by atoms with E-state index in [-0.39, 0.29) is 24.0 Å². The molecular formula is C65H131N5O6S2. The number of hydrogen-bond acceptors (Lipinski definition) is 11. The molecule has 464 valence electrons. The summed E-state index contributed by atoms with van der Waals surface area (Å²) in [4.78, 5) is 34.2. The minimum atomic E-state index is -0.575. The summed E-state index contributed by atoms with van der Waals surface area (Å²) < 4.78 is 0. The first-order valence-electron chi connectivity index (χ1n) is 33.8. The van der Waals surface area contributed by atoms with Gasteiger partial charge >= 0.3 is 0 Å². The number of nitrogens with one attached hydrogen (secondary N) is 2. The minimum absolute atomic E-state index is 0.0886. The van der Waals surface area contributed by atoms with E-state index in [1.807, 2.05) is 10.8 Å². The maximum absolute atomic E-state index is 13.7. The molecule has 0 aromatic heterocycles. The molecule has 0 saturated carbocycles. The van der Waals surface area contributed by atoms with E-state index >= 15 is 0 Å². The van der Waals surface area contributed by atoms with E-state index in [0.29, 0.717) is 52.0 Å². The Morgan fingerprint density at radius 1 is 0.436 bits per heavy atom. The smallest absolute Gasteiger partial charge is 0.242 e. The number of amides is 2. The predicted molar refractivity (Wildman–Crippen MR) is 340 cm³/mol. The number of hydrogen-bond donors (Lipinski definition) is 6. The minimum Gasteiger partial charge on any atom is -0.392 e. The summed E-state index contributed by atoms with van der Waals surface area (Å²) in [5.41, 5.74) is 0. The van der Waals surface area contributed by atoms with Gasteiger partial charge in [0, 0.05) is 50.7 Å². The molecule has 1 aliphatic heterocycles. The molecule has 1 saturated heterocycles. The number of piperidine rings is 1. The number of nitrogens with zero attached hydrogens (tertiary/aromatic N) is 3. The Labute approximate surface area is 491 Å². The highest BCUT2D eigenvalue weighted by Gasteiger charge is 2.22. The summed E-state index contributed by atoms with van der Waals surface area (Å²) in [5, 5.41) is 50.6. The van der Waals surface area contributed by atoms with E-state index in [9.17, 15) is 30.0 Å². The van der Waals surface area contributed by atoms with Gasteiger partial charge in [0.15, 0.2) is 0 Å². The zero-order valence-electron chi connectivity index (χ0n) is 51.8. The van der Waals surface area contributed by atoms with Crippen molar-refractivity contribution < 1.29 is 30.0 Å². The van der Waals surface area contributed by atoms with Crippen molar-refractivity contribution in [3.8, 4) is 0 Å². The first-order valence-corrected chi connectivity index (χ1v) is 36.3. The largest absolute Gasteiger partial charge is 0.392 e. The highest BCUT2D eigenvalue weighted by molar-refractivity contribution is 8.76. The van der Waals surface area contributed by atoms with Crippen molar-refractivity contribution in [3.63, 3.8) is 0 Å². The average Bonchev–Trinajstić information content (AvgIpc) is 3.42. The topological polar surface area (TPSA) is 149 Å². The predicted octanol–water partition coefficient (Wildman–Crippen LogP) is 14.8. The molecule has 0 aromatic rings. The van der Waals surface area contributed by atoms with Crippen molar-refractivity contribution in [2.24, 2.45) is 0 Å². The highest BCUT2D eigenvalue weighted by Crippen LogP contribution is 2.25. The standard InChI is InChI=1S/C65H131N5O6S2/c1-5-9-13-17-21-23-27-32-43-61(73)57-70(58-62(74)44-33-28-24-22-18-14-10-6-2)51-38-39-53-77-78-54-46-63(65(76)66-47-40-52-68-48-35-29-36-49-68)67-64(75)45-34-37-50-69(55-59(71)41-30-25-19-15-11-7-3)56-60(72)42-31-26-20-16-12-8-4/h59-63,71-74H,5-58H2,1-4H3,(H,66,76)(H,67,75). The van der Waals surface area contributed by atoms with Crippen LogP contribution in [-0.2, 0) is 9.59 Å². The molecule has 0 bridgehead atoms. The fourth-order valence-electron chi connectivity index (χ4n) is 11.2. The second-order valence-corrected chi connectivity index (χ2v) is 26.7. The van der Waals surface area contributed by atoms with Crippen molar-refractivity contribution in [1.29, 1.82) is 0 Å². The molecule has 1 fully saturated rings. The Morgan fingerprint density at radius 3 is 1.22 bits per heavy atom. The summed E-state index contributed by atoms with van der Waals surface area (Å²) in [6, 6.07) is -0.575. The first kappa shape index (κ1) is 75.4. The van der Waals surface area contributed by atoms with Crippen LogP contribution in [0.5, 0.6) is 0 Å². The van der Waals surface area contributed by atoms with Crippen LogP contribution in [0.15, 0.2) is 0 Å². The lowest BCUT2D eigenvalue weighted by atomic mass is 10.0. The Kier molecular flexibility index (Phi) is 54.9. The number of carbonyl (C=O) groups excluding carboxylic acids is 2. The normalized spacial score (nSPS) is 15.3. The van der Waals surface area contributed by atoms with E-state index in [0.717, 1.165) is 134 Å². The van der Waals surface area contributed by atoms with Gasteiger partial charge in [-0.05, 0) is 110 Å². The third-order valence-electron chi connectivity index (χ3n) is 16.1. The maximum atomic E-state index is 13.7. The van der Waals surface area contributed by atoms with Gasteiger partial charge in [-0.3, -0.25) is 19.4 Å². The monoisotopic (exact) mass is 1140 g/mol. The average molecular weight is 1140 g/mol. The highest BCUT2D eigenvalue weighted by atomic mass is 33.1. The molecular weight excluding hydrogens is 1010 g/mol. The van der Waals surface area contributed by atoms with Crippen LogP contribution in [0.2, 0.25) is 0 Å². The molecule has 1 rings (SSSR count). The van der Waals surface area contributed by atoms with Crippen LogP contribution in [0.3, 0.4) is 0 Å². The third kappa shape index (κ3) is 48.8. The van der Waals surface area contributed by atoms with Gasteiger partial charge in [-0.1, -0.05) is 235 Å². The lowest BCUT2D eigenvalue weighted by Gasteiger charge is -2.27. The first-order chi connectivity index (χ1) is 38.1. The van der Waals surface area contributed by atoms with E-state index in [2.05, 4.69) is 53.0 Å². The van der Waals surface area contributed by atoms with Gasteiger partial charge < -0.3 is 36.0 Å². The number of carbonyl (C=O) groups is 2. The maximum Gasteiger partial charge on any atom is 0.242 e. The van der Waals surface area contributed by atoms with Crippen LogP contribution in [0, 0.1) is 0 Å². The molecule has 0 radical (unpaired) electrons. The Bertz CT molecular complexity index is 1240. The molecule has 0 aromatic carbocycles. The molecule has 5 atom stereocenters. The van der Waals surface area contributed by atoms with Gasteiger partial charge in [0.1, 0.15) is 6.04 Å². The quantitative estimate of drug-likeness (QED) is 0.0255. The molecule has 11 nitrogen and oxygen atoms in total. The Hall–Kier alpha value is -0.640. The van der Waals surface area contributed by atoms with Gasteiger partial charge in [-0.15, -0.1) is 0 Å². The zero-order valence-corrected chi connectivity index (χ0v) is 53.5. The van der Waals surface area contributed by atoms with Crippen molar-refractivity contribution in [1.82, 2.24) is 25.3 Å². The summed E-state index contributed by atoms with van der Waals surface area (Å²) in [7, 11) is 3.62. The van der Waals surface area contributed by atoms with Crippen LogP contribution < -0.4 is 10.6 Å². The molecule has 6 N–H and O–H groups in total. The number of unbranched alkanes of at least 4 members (excludes halogenated alkanes) is 26. The molecule has 5 unspecified atom stereocenters. The molecule has 0 spiro atoms. The van der Waals surface area contributed by atoms with E-state index in [4.69, 9.17) is 0 Å². The van der Waals surface area contributed by atoms with Gasteiger partial charge in [0.2, 0.25) is 11.8 Å². The van der Waals surface area contributed by atoms with Crippen molar-refractivity contribution in [2.75, 3.05) is 77.0 Å². The van der Waals surface area contributed by atoms with Crippen LogP contribution in [0.25, 0.3) is 0 Å². The lowest BCUT2D eigenvalue weighted by Crippen LogP contribution is -2.47. The van der Waals surface area contributed by atoms with Crippen molar-refractivity contribution >= 4 is 33.4 Å². The molecule has 2 amide bonds. The number of aliphatic hydroxyl groups excluding tert-OH is 4. The fraction of sp³-hybridized carbons (Fsp3) is 0.969.